The highest BCUT2D eigenvalue weighted by Gasteiger charge is 2.33. The molecule has 0 aliphatic carbocycles. The molecule has 112 valence electrons. The van der Waals surface area contributed by atoms with Crippen molar-refractivity contribution in [2.45, 2.75) is 26.7 Å². The van der Waals surface area contributed by atoms with Gasteiger partial charge >= 0.3 is 0 Å². The van der Waals surface area contributed by atoms with Crippen molar-refractivity contribution in [1.29, 1.82) is 0 Å². The highest BCUT2D eigenvalue weighted by Crippen LogP contribution is 2.27. The van der Waals surface area contributed by atoms with Crippen molar-refractivity contribution in [3.05, 3.63) is 36.5 Å². The van der Waals surface area contributed by atoms with Crippen LogP contribution in [0.2, 0.25) is 0 Å². The van der Waals surface area contributed by atoms with Crippen LogP contribution >= 0.6 is 0 Å². The first-order chi connectivity index (χ1) is 10.1. The van der Waals surface area contributed by atoms with E-state index in [1.807, 2.05) is 44.2 Å². The fourth-order valence-electron chi connectivity index (χ4n) is 2.37. The monoisotopic (exact) mass is 286 g/mol. The second-order valence-electron chi connectivity index (χ2n) is 5.19. The van der Waals surface area contributed by atoms with Gasteiger partial charge in [-0.3, -0.25) is 9.89 Å². The molecule has 2 rings (SSSR count). The van der Waals surface area contributed by atoms with E-state index in [9.17, 15) is 4.79 Å². The van der Waals surface area contributed by atoms with Crippen LogP contribution in [0.3, 0.4) is 0 Å². The molecule has 1 heterocycles. The Hall–Kier alpha value is -2.14. The zero-order chi connectivity index (χ0) is 15.3. The van der Waals surface area contributed by atoms with Crippen molar-refractivity contribution in [3.8, 4) is 11.3 Å². The first kappa shape index (κ1) is 15.3. The number of benzene rings is 1. The Morgan fingerprint density at radius 2 is 1.90 bits per heavy atom. The van der Waals surface area contributed by atoms with Gasteiger partial charge in [0.1, 0.15) is 0 Å². The molecule has 0 bridgehead atoms. The number of carbonyl (C=O) groups is 1. The predicted molar refractivity (Wildman–Crippen MR) is 84.7 cm³/mol. The van der Waals surface area contributed by atoms with E-state index in [1.54, 1.807) is 6.20 Å². The third-order valence-corrected chi connectivity index (χ3v) is 4.18. The highest BCUT2D eigenvalue weighted by molar-refractivity contribution is 5.95. The van der Waals surface area contributed by atoms with Gasteiger partial charge in [-0.2, -0.15) is 5.10 Å². The van der Waals surface area contributed by atoms with Crippen molar-refractivity contribution in [2.24, 2.45) is 11.1 Å². The molecule has 0 atom stereocenters. The summed E-state index contributed by atoms with van der Waals surface area (Å²) < 4.78 is 0. The van der Waals surface area contributed by atoms with Crippen LogP contribution in [-0.2, 0) is 4.79 Å². The number of H-pyrrole nitrogens is 1. The molecule has 0 saturated heterocycles. The zero-order valence-corrected chi connectivity index (χ0v) is 12.5. The van der Waals surface area contributed by atoms with Gasteiger partial charge in [0.2, 0.25) is 5.91 Å². The maximum atomic E-state index is 12.4. The Morgan fingerprint density at radius 3 is 2.38 bits per heavy atom. The number of carbonyl (C=O) groups excluding carboxylic acids is 1. The number of nitrogens with one attached hydrogen (secondary N) is 2. The van der Waals surface area contributed by atoms with E-state index in [1.165, 1.54) is 0 Å². The van der Waals surface area contributed by atoms with E-state index in [0.29, 0.717) is 6.54 Å². The van der Waals surface area contributed by atoms with Gasteiger partial charge in [-0.15, -0.1) is 0 Å². The number of aromatic nitrogens is 2. The molecule has 2 aromatic rings. The van der Waals surface area contributed by atoms with Crippen molar-refractivity contribution in [3.63, 3.8) is 0 Å². The van der Waals surface area contributed by atoms with E-state index < -0.39 is 5.41 Å². The number of nitrogens with two attached hydrogens (primary N) is 1. The van der Waals surface area contributed by atoms with E-state index in [2.05, 4.69) is 15.5 Å². The maximum absolute atomic E-state index is 12.4. The largest absolute Gasteiger partial charge is 0.329 e. The Labute approximate surface area is 124 Å². The van der Waals surface area contributed by atoms with Crippen LogP contribution in [0.15, 0.2) is 36.5 Å². The molecule has 0 aliphatic rings. The molecule has 21 heavy (non-hydrogen) atoms. The van der Waals surface area contributed by atoms with Crippen molar-refractivity contribution in [1.82, 2.24) is 10.2 Å². The number of amides is 1. The minimum atomic E-state index is -0.484. The summed E-state index contributed by atoms with van der Waals surface area (Å²) in [6, 6.07) is 9.58. The van der Waals surface area contributed by atoms with Crippen LogP contribution in [0.1, 0.15) is 26.7 Å². The van der Waals surface area contributed by atoms with Gasteiger partial charge in [0, 0.05) is 18.4 Å². The summed E-state index contributed by atoms with van der Waals surface area (Å²) in [6.07, 6.45) is 3.18. The first-order valence-corrected chi connectivity index (χ1v) is 7.26. The van der Waals surface area contributed by atoms with Crippen molar-refractivity contribution >= 4 is 11.6 Å². The molecule has 0 aliphatic heterocycles. The number of anilines is 1. The van der Waals surface area contributed by atoms with Gasteiger partial charge in [-0.1, -0.05) is 26.0 Å². The fraction of sp³-hybridized carbons (Fsp3) is 0.375. The summed E-state index contributed by atoms with van der Waals surface area (Å²) in [5.74, 6) is -0.00992. The average molecular weight is 286 g/mol. The summed E-state index contributed by atoms with van der Waals surface area (Å²) in [4.78, 5) is 12.4. The molecule has 5 nitrogen and oxygen atoms in total. The highest BCUT2D eigenvalue weighted by atomic mass is 16.2. The summed E-state index contributed by atoms with van der Waals surface area (Å²) in [6.45, 7) is 4.35. The SMILES string of the molecule is CCC(CC)(CN)C(=O)Nc1ccc(-c2ccn[nH]2)cc1. The molecule has 1 aromatic heterocycles. The summed E-state index contributed by atoms with van der Waals surface area (Å²) in [5, 5.41) is 9.80. The number of rotatable bonds is 6. The lowest BCUT2D eigenvalue weighted by Gasteiger charge is -2.28. The molecule has 1 aromatic carbocycles. The predicted octanol–water partition coefficient (Wildman–Crippen LogP) is 2.78. The van der Waals surface area contributed by atoms with E-state index in [-0.39, 0.29) is 5.91 Å². The first-order valence-electron chi connectivity index (χ1n) is 7.26. The van der Waals surface area contributed by atoms with Crippen LogP contribution in [0, 0.1) is 5.41 Å². The van der Waals surface area contributed by atoms with Gasteiger partial charge in [0.05, 0.1) is 11.1 Å². The van der Waals surface area contributed by atoms with Gasteiger partial charge in [0.25, 0.3) is 0 Å². The van der Waals surface area contributed by atoms with E-state index in [0.717, 1.165) is 29.8 Å². The Balaban J connectivity index is 2.11. The van der Waals surface area contributed by atoms with Gasteiger partial charge in [-0.25, -0.2) is 0 Å². The third-order valence-electron chi connectivity index (χ3n) is 4.18. The zero-order valence-electron chi connectivity index (χ0n) is 12.5. The van der Waals surface area contributed by atoms with Crippen molar-refractivity contribution in [2.75, 3.05) is 11.9 Å². The van der Waals surface area contributed by atoms with E-state index in [4.69, 9.17) is 5.73 Å². The Bertz CT molecular complexity index is 563. The third kappa shape index (κ3) is 3.13. The summed E-state index contributed by atoms with van der Waals surface area (Å²) in [7, 11) is 0. The molecule has 5 heteroatoms. The van der Waals surface area contributed by atoms with E-state index >= 15 is 0 Å². The summed E-state index contributed by atoms with van der Waals surface area (Å²) in [5.41, 5.74) is 8.08. The second-order valence-corrected chi connectivity index (χ2v) is 5.19. The standard InChI is InChI=1S/C16H22N4O/c1-3-16(4-2,11-17)15(21)19-13-7-5-12(6-8-13)14-9-10-18-20-14/h5-10H,3-4,11,17H2,1-2H3,(H,18,20)(H,19,21). The normalized spacial score (nSPS) is 11.4. The lowest BCUT2D eigenvalue weighted by Crippen LogP contribution is -2.41. The minimum Gasteiger partial charge on any atom is -0.329 e. The number of nitrogens with zero attached hydrogens (tertiary/aromatic N) is 1. The molecular formula is C16H22N4O. The van der Waals surface area contributed by atoms with Crippen LogP contribution in [0.5, 0.6) is 0 Å². The fourth-order valence-corrected chi connectivity index (χ4v) is 2.37. The second kappa shape index (κ2) is 6.54. The lowest BCUT2D eigenvalue weighted by molar-refractivity contribution is -0.125. The van der Waals surface area contributed by atoms with Crippen LogP contribution in [-0.4, -0.2) is 22.6 Å². The van der Waals surface area contributed by atoms with Gasteiger partial charge in [-0.05, 0) is 36.6 Å². The lowest BCUT2D eigenvalue weighted by atomic mass is 9.81. The van der Waals surface area contributed by atoms with Crippen molar-refractivity contribution < 1.29 is 4.79 Å². The Kier molecular flexibility index (Phi) is 4.75. The number of hydrogen-bond acceptors (Lipinski definition) is 3. The van der Waals surface area contributed by atoms with Gasteiger partial charge in [0.15, 0.2) is 0 Å². The smallest absolute Gasteiger partial charge is 0.231 e. The molecular weight excluding hydrogens is 264 g/mol. The maximum Gasteiger partial charge on any atom is 0.231 e. The summed E-state index contributed by atoms with van der Waals surface area (Å²) >= 11 is 0. The minimum absolute atomic E-state index is 0.00992. The molecule has 1 amide bonds. The van der Waals surface area contributed by atoms with Crippen LogP contribution < -0.4 is 11.1 Å². The molecule has 0 saturated carbocycles. The molecule has 4 N–H and O–H groups in total. The number of aromatic amines is 1. The molecule has 0 spiro atoms. The van der Waals surface area contributed by atoms with Crippen LogP contribution in [0.25, 0.3) is 11.3 Å². The molecule has 0 fully saturated rings. The topological polar surface area (TPSA) is 83.8 Å². The molecule has 0 unspecified atom stereocenters. The average Bonchev–Trinajstić information content (AvgIpc) is 3.05. The van der Waals surface area contributed by atoms with Gasteiger partial charge < -0.3 is 11.1 Å². The molecule has 0 radical (unpaired) electrons. The van der Waals surface area contributed by atoms with Crippen LogP contribution in [0.4, 0.5) is 5.69 Å². The Morgan fingerprint density at radius 1 is 1.24 bits per heavy atom. The quantitative estimate of drug-likeness (QED) is 0.763. The number of hydrogen-bond donors (Lipinski definition) is 3.